The molecule has 1 aliphatic rings. The molecule has 1 aromatic carbocycles. The Kier molecular flexibility index (Phi) is 4.06. The summed E-state index contributed by atoms with van der Waals surface area (Å²) in [5.74, 6) is 1.26. The minimum atomic E-state index is 0.0422. The van der Waals surface area contributed by atoms with Crippen LogP contribution in [0.2, 0.25) is 0 Å². The fourth-order valence-corrected chi connectivity index (χ4v) is 2.27. The first-order valence-corrected chi connectivity index (χ1v) is 6.25. The molecule has 2 N–H and O–H groups in total. The van der Waals surface area contributed by atoms with Crippen molar-refractivity contribution < 1.29 is 9.47 Å². The van der Waals surface area contributed by atoms with Gasteiger partial charge in [0.25, 0.3) is 0 Å². The summed E-state index contributed by atoms with van der Waals surface area (Å²) in [6.45, 7) is 0. The number of hydrogen-bond donors (Lipinski definition) is 1. The standard InChI is InChI=1S/C14H18N2O2/c1-17-14-8-10(9-15)6-7-13(14)18-12-5-3-2-4-11(12)16/h6-8,11-12H,2-5,16H2,1H3. The number of nitriles is 1. The van der Waals surface area contributed by atoms with Gasteiger partial charge in [-0.15, -0.1) is 0 Å². The van der Waals surface area contributed by atoms with Gasteiger partial charge in [0.15, 0.2) is 11.5 Å². The molecule has 2 rings (SSSR count). The van der Waals surface area contributed by atoms with E-state index in [-0.39, 0.29) is 12.1 Å². The van der Waals surface area contributed by atoms with Crippen molar-refractivity contribution in [3.8, 4) is 17.6 Å². The lowest BCUT2D eigenvalue weighted by Crippen LogP contribution is -2.41. The fourth-order valence-electron chi connectivity index (χ4n) is 2.27. The molecular formula is C14H18N2O2. The minimum Gasteiger partial charge on any atom is -0.493 e. The Morgan fingerprint density at radius 2 is 2.06 bits per heavy atom. The number of methoxy groups -OCH3 is 1. The van der Waals surface area contributed by atoms with Crippen LogP contribution in [-0.2, 0) is 0 Å². The van der Waals surface area contributed by atoms with E-state index in [1.54, 1.807) is 25.3 Å². The van der Waals surface area contributed by atoms with E-state index in [1.807, 2.05) is 0 Å². The van der Waals surface area contributed by atoms with Crippen LogP contribution in [-0.4, -0.2) is 19.3 Å². The third kappa shape index (κ3) is 2.74. The Bertz CT molecular complexity index is 454. The second kappa shape index (κ2) is 5.74. The van der Waals surface area contributed by atoms with E-state index in [0.29, 0.717) is 17.1 Å². The molecule has 4 nitrogen and oxygen atoms in total. The van der Waals surface area contributed by atoms with Crippen molar-refractivity contribution in [2.45, 2.75) is 37.8 Å². The molecule has 4 heteroatoms. The first kappa shape index (κ1) is 12.7. The van der Waals surface area contributed by atoms with Crippen molar-refractivity contribution in [1.82, 2.24) is 0 Å². The predicted molar refractivity (Wildman–Crippen MR) is 68.6 cm³/mol. The monoisotopic (exact) mass is 246 g/mol. The van der Waals surface area contributed by atoms with E-state index in [0.717, 1.165) is 19.3 Å². The molecule has 2 unspecified atom stereocenters. The summed E-state index contributed by atoms with van der Waals surface area (Å²) >= 11 is 0. The quantitative estimate of drug-likeness (QED) is 0.887. The van der Waals surface area contributed by atoms with Gasteiger partial charge in [-0.2, -0.15) is 5.26 Å². The topological polar surface area (TPSA) is 68.3 Å². The molecule has 2 atom stereocenters. The summed E-state index contributed by atoms with van der Waals surface area (Å²) in [5.41, 5.74) is 6.62. The number of nitrogens with zero attached hydrogens (tertiary/aromatic N) is 1. The van der Waals surface area contributed by atoms with Crippen LogP contribution >= 0.6 is 0 Å². The molecule has 0 aliphatic heterocycles. The molecule has 96 valence electrons. The Morgan fingerprint density at radius 1 is 1.28 bits per heavy atom. The van der Waals surface area contributed by atoms with Gasteiger partial charge in [-0.25, -0.2) is 0 Å². The van der Waals surface area contributed by atoms with E-state index >= 15 is 0 Å². The molecule has 1 saturated carbocycles. The molecule has 0 saturated heterocycles. The lowest BCUT2D eigenvalue weighted by molar-refractivity contribution is 0.128. The molecule has 1 aliphatic carbocycles. The van der Waals surface area contributed by atoms with Gasteiger partial charge in [0.1, 0.15) is 6.10 Å². The fraction of sp³-hybridized carbons (Fsp3) is 0.500. The van der Waals surface area contributed by atoms with Crippen molar-refractivity contribution in [3.05, 3.63) is 23.8 Å². The van der Waals surface area contributed by atoms with Gasteiger partial charge in [0.05, 0.1) is 18.7 Å². The summed E-state index contributed by atoms with van der Waals surface area (Å²) in [5, 5.41) is 8.85. The van der Waals surface area contributed by atoms with Crippen molar-refractivity contribution in [1.29, 1.82) is 5.26 Å². The van der Waals surface area contributed by atoms with Crippen LogP contribution < -0.4 is 15.2 Å². The largest absolute Gasteiger partial charge is 0.493 e. The van der Waals surface area contributed by atoms with E-state index in [9.17, 15) is 0 Å². The highest BCUT2D eigenvalue weighted by Crippen LogP contribution is 2.31. The van der Waals surface area contributed by atoms with Gasteiger partial charge in [-0.05, 0) is 31.4 Å². The van der Waals surface area contributed by atoms with Crippen LogP contribution in [0.3, 0.4) is 0 Å². The average Bonchev–Trinajstić information content (AvgIpc) is 2.41. The Balaban J connectivity index is 2.15. The van der Waals surface area contributed by atoms with Crippen LogP contribution in [0.15, 0.2) is 18.2 Å². The first-order chi connectivity index (χ1) is 8.74. The first-order valence-electron chi connectivity index (χ1n) is 6.25. The zero-order valence-electron chi connectivity index (χ0n) is 10.6. The lowest BCUT2D eigenvalue weighted by atomic mass is 9.93. The molecule has 0 amide bonds. The van der Waals surface area contributed by atoms with E-state index in [1.165, 1.54) is 6.42 Å². The van der Waals surface area contributed by atoms with Crippen molar-refractivity contribution in [3.63, 3.8) is 0 Å². The Hall–Kier alpha value is -1.73. The van der Waals surface area contributed by atoms with Gasteiger partial charge in [-0.1, -0.05) is 6.42 Å². The summed E-state index contributed by atoms with van der Waals surface area (Å²) in [7, 11) is 1.57. The second-order valence-corrected chi connectivity index (χ2v) is 4.58. The molecule has 18 heavy (non-hydrogen) atoms. The Morgan fingerprint density at radius 3 is 2.72 bits per heavy atom. The molecule has 0 spiro atoms. The van der Waals surface area contributed by atoms with Crippen LogP contribution in [0.1, 0.15) is 31.2 Å². The summed E-state index contributed by atoms with van der Waals surface area (Å²) in [4.78, 5) is 0. The van der Waals surface area contributed by atoms with Crippen molar-refractivity contribution in [2.24, 2.45) is 5.73 Å². The van der Waals surface area contributed by atoms with Crippen molar-refractivity contribution >= 4 is 0 Å². The third-order valence-electron chi connectivity index (χ3n) is 3.32. The van der Waals surface area contributed by atoms with Crippen LogP contribution in [0, 0.1) is 11.3 Å². The Labute approximate surface area is 107 Å². The maximum atomic E-state index is 8.85. The molecule has 0 aromatic heterocycles. The van der Waals surface area contributed by atoms with Crippen LogP contribution in [0.4, 0.5) is 0 Å². The van der Waals surface area contributed by atoms with E-state index < -0.39 is 0 Å². The van der Waals surface area contributed by atoms with Crippen molar-refractivity contribution in [2.75, 3.05) is 7.11 Å². The van der Waals surface area contributed by atoms with E-state index in [4.69, 9.17) is 20.5 Å². The number of nitrogens with two attached hydrogens (primary N) is 1. The van der Waals surface area contributed by atoms with Crippen LogP contribution in [0.5, 0.6) is 11.5 Å². The van der Waals surface area contributed by atoms with Gasteiger partial charge < -0.3 is 15.2 Å². The highest BCUT2D eigenvalue weighted by Gasteiger charge is 2.24. The third-order valence-corrected chi connectivity index (χ3v) is 3.32. The lowest BCUT2D eigenvalue weighted by Gasteiger charge is -2.29. The molecule has 0 bridgehead atoms. The molecule has 1 fully saturated rings. The van der Waals surface area contributed by atoms with Gasteiger partial charge >= 0.3 is 0 Å². The zero-order chi connectivity index (χ0) is 13.0. The summed E-state index contributed by atoms with van der Waals surface area (Å²) < 4.78 is 11.2. The predicted octanol–water partition coefficient (Wildman–Crippen LogP) is 2.22. The highest BCUT2D eigenvalue weighted by atomic mass is 16.5. The normalized spacial score (nSPS) is 23.2. The summed E-state index contributed by atoms with van der Waals surface area (Å²) in [6, 6.07) is 7.35. The number of hydrogen-bond acceptors (Lipinski definition) is 4. The number of ether oxygens (including phenoxy) is 2. The SMILES string of the molecule is COc1cc(C#N)ccc1OC1CCCCC1N. The minimum absolute atomic E-state index is 0.0422. The molecular weight excluding hydrogens is 228 g/mol. The zero-order valence-corrected chi connectivity index (χ0v) is 10.6. The van der Waals surface area contributed by atoms with Crippen LogP contribution in [0.25, 0.3) is 0 Å². The summed E-state index contributed by atoms with van der Waals surface area (Å²) in [6.07, 6.45) is 4.34. The maximum Gasteiger partial charge on any atom is 0.162 e. The van der Waals surface area contributed by atoms with Gasteiger partial charge in [0.2, 0.25) is 0 Å². The number of benzene rings is 1. The maximum absolute atomic E-state index is 8.85. The molecule has 0 radical (unpaired) electrons. The van der Waals surface area contributed by atoms with E-state index in [2.05, 4.69) is 6.07 Å². The molecule has 0 heterocycles. The smallest absolute Gasteiger partial charge is 0.162 e. The number of rotatable bonds is 3. The average molecular weight is 246 g/mol. The molecule has 1 aromatic rings. The second-order valence-electron chi connectivity index (χ2n) is 4.58. The highest BCUT2D eigenvalue weighted by molar-refractivity contribution is 5.46. The van der Waals surface area contributed by atoms with Gasteiger partial charge in [0, 0.05) is 12.1 Å². The van der Waals surface area contributed by atoms with Gasteiger partial charge in [-0.3, -0.25) is 0 Å².